The number of nitrogen functional groups attached to an aromatic ring is 1. The van der Waals surface area contributed by atoms with Gasteiger partial charge in [-0.3, -0.25) is 20.8 Å². The number of nitrogens with zero attached hydrogens (tertiary/aromatic N) is 2. The van der Waals surface area contributed by atoms with Crippen molar-refractivity contribution < 1.29 is 9.72 Å². The number of nitrogens with one attached hydrogen (secondary N) is 1. The first kappa shape index (κ1) is 15.6. The van der Waals surface area contributed by atoms with Crippen LogP contribution in [0.1, 0.15) is 24.2 Å². The van der Waals surface area contributed by atoms with E-state index < -0.39 is 4.92 Å². The molecule has 1 saturated heterocycles. The Balaban J connectivity index is 2.25. The highest BCUT2D eigenvalue weighted by atomic mass is 32.2. The maximum absolute atomic E-state index is 12.5. The van der Waals surface area contributed by atoms with Crippen molar-refractivity contribution in [3.8, 4) is 0 Å². The van der Waals surface area contributed by atoms with Crippen LogP contribution in [0.2, 0.25) is 0 Å². The van der Waals surface area contributed by atoms with E-state index in [1.807, 2.05) is 11.8 Å². The summed E-state index contributed by atoms with van der Waals surface area (Å²) in [5, 5.41) is 10.9. The monoisotopic (exact) mass is 310 g/mol. The van der Waals surface area contributed by atoms with Crippen LogP contribution in [0.5, 0.6) is 0 Å². The van der Waals surface area contributed by atoms with Crippen molar-refractivity contribution in [3.63, 3.8) is 0 Å². The summed E-state index contributed by atoms with van der Waals surface area (Å²) in [5.41, 5.74) is 2.66. The van der Waals surface area contributed by atoms with Gasteiger partial charge in [0.15, 0.2) is 0 Å². The van der Waals surface area contributed by atoms with Crippen molar-refractivity contribution in [2.24, 2.45) is 5.84 Å². The molecular weight excluding hydrogens is 292 g/mol. The molecule has 1 amide bonds. The first-order valence-electron chi connectivity index (χ1n) is 6.52. The molecular formula is C13H18N4O3S. The Morgan fingerprint density at radius 2 is 2.24 bits per heavy atom. The third-order valence-corrected chi connectivity index (χ3v) is 4.61. The number of benzene rings is 1. The van der Waals surface area contributed by atoms with Crippen LogP contribution < -0.4 is 11.3 Å². The molecule has 0 unspecified atom stereocenters. The molecule has 7 nitrogen and oxygen atoms in total. The maximum atomic E-state index is 12.5. The van der Waals surface area contributed by atoms with Gasteiger partial charge in [-0.05, 0) is 26.0 Å². The zero-order valence-corrected chi connectivity index (χ0v) is 12.8. The van der Waals surface area contributed by atoms with Gasteiger partial charge in [0.05, 0.1) is 4.92 Å². The number of carbonyl (C=O) groups excluding carboxylic acids is 1. The lowest BCUT2D eigenvalue weighted by molar-refractivity contribution is -0.384. The number of hydrazine groups is 1. The zero-order valence-electron chi connectivity index (χ0n) is 12.0. The minimum atomic E-state index is -0.538. The summed E-state index contributed by atoms with van der Waals surface area (Å²) in [7, 11) is 0. The summed E-state index contributed by atoms with van der Waals surface area (Å²) >= 11 is 1.84. The highest BCUT2D eigenvalue weighted by Gasteiger charge is 2.30. The zero-order chi connectivity index (χ0) is 15.6. The van der Waals surface area contributed by atoms with Crippen LogP contribution in [0.15, 0.2) is 18.2 Å². The molecule has 0 aliphatic carbocycles. The van der Waals surface area contributed by atoms with Gasteiger partial charge < -0.3 is 10.3 Å². The van der Waals surface area contributed by atoms with Gasteiger partial charge in [-0.1, -0.05) is 0 Å². The summed E-state index contributed by atoms with van der Waals surface area (Å²) in [5.74, 6) is 6.05. The molecule has 1 aliphatic heterocycles. The first-order valence-corrected chi connectivity index (χ1v) is 7.51. The lowest BCUT2D eigenvalue weighted by Gasteiger charge is -2.37. The molecule has 0 aromatic heterocycles. The molecule has 0 atom stereocenters. The fourth-order valence-corrected chi connectivity index (χ4v) is 3.43. The second kappa shape index (κ2) is 5.90. The van der Waals surface area contributed by atoms with E-state index in [9.17, 15) is 14.9 Å². The fraction of sp³-hybridized carbons (Fsp3) is 0.462. The fourth-order valence-electron chi connectivity index (χ4n) is 2.32. The molecule has 1 aromatic rings. The van der Waals surface area contributed by atoms with Crippen LogP contribution in [0.3, 0.4) is 0 Å². The maximum Gasteiger partial charge on any atom is 0.293 e. The predicted octanol–water partition coefficient (Wildman–Crippen LogP) is 1.85. The van der Waals surface area contributed by atoms with Crippen LogP contribution in [0.4, 0.5) is 11.4 Å². The molecule has 1 aromatic carbocycles. The number of nitro benzene ring substituents is 1. The van der Waals surface area contributed by atoms with E-state index in [0.717, 1.165) is 5.75 Å². The number of thioether (sulfide) groups is 1. The number of rotatable bonds is 3. The van der Waals surface area contributed by atoms with Gasteiger partial charge in [0.1, 0.15) is 5.69 Å². The van der Waals surface area contributed by atoms with Crippen molar-refractivity contribution >= 4 is 29.0 Å². The standard InChI is InChI=1S/C13H18N4O3S/c1-13(2)8-16(5-6-21-13)12(18)9-3-4-11(17(19)20)10(7-9)15-14/h3-4,7,15H,5-6,8,14H2,1-2H3. The van der Waals surface area contributed by atoms with E-state index >= 15 is 0 Å². The Labute approximate surface area is 127 Å². The Morgan fingerprint density at radius 1 is 1.52 bits per heavy atom. The quantitative estimate of drug-likeness (QED) is 0.502. The molecule has 0 spiro atoms. The van der Waals surface area contributed by atoms with Crippen molar-refractivity contribution in [1.82, 2.24) is 4.90 Å². The van der Waals surface area contributed by atoms with Gasteiger partial charge in [-0.15, -0.1) is 0 Å². The van der Waals surface area contributed by atoms with Crippen LogP contribution >= 0.6 is 11.8 Å². The normalized spacial score (nSPS) is 17.4. The van der Waals surface area contributed by atoms with Gasteiger partial charge >= 0.3 is 0 Å². The summed E-state index contributed by atoms with van der Waals surface area (Å²) in [6, 6.07) is 4.19. The van der Waals surface area contributed by atoms with Crippen molar-refractivity contribution in [1.29, 1.82) is 0 Å². The van der Waals surface area contributed by atoms with Crippen molar-refractivity contribution in [3.05, 3.63) is 33.9 Å². The van der Waals surface area contributed by atoms with E-state index in [1.165, 1.54) is 18.2 Å². The minimum Gasteiger partial charge on any atom is -0.336 e. The minimum absolute atomic E-state index is 0.0175. The van der Waals surface area contributed by atoms with Crippen molar-refractivity contribution in [2.45, 2.75) is 18.6 Å². The first-order chi connectivity index (χ1) is 9.84. The average Bonchev–Trinajstić information content (AvgIpc) is 2.44. The Kier molecular flexibility index (Phi) is 4.38. The summed E-state index contributed by atoms with van der Waals surface area (Å²) in [4.78, 5) is 24.6. The molecule has 114 valence electrons. The molecule has 8 heteroatoms. The number of nitrogens with two attached hydrogens (primary N) is 1. The largest absolute Gasteiger partial charge is 0.336 e. The second-order valence-electron chi connectivity index (χ2n) is 5.47. The van der Waals surface area contributed by atoms with E-state index in [0.29, 0.717) is 18.7 Å². The Morgan fingerprint density at radius 3 is 2.81 bits per heavy atom. The molecule has 0 saturated carbocycles. The topological polar surface area (TPSA) is 102 Å². The summed E-state index contributed by atoms with van der Waals surface area (Å²) in [6.45, 7) is 5.52. The SMILES string of the molecule is CC1(C)CN(C(=O)c2ccc([N+](=O)[O-])c(NN)c2)CCS1. The van der Waals surface area contributed by atoms with Gasteiger partial charge in [-0.2, -0.15) is 11.8 Å². The van der Waals surface area contributed by atoms with E-state index in [1.54, 1.807) is 4.90 Å². The second-order valence-corrected chi connectivity index (χ2v) is 7.27. The lowest BCUT2D eigenvalue weighted by Crippen LogP contribution is -2.46. The number of carbonyl (C=O) groups is 1. The molecule has 0 bridgehead atoms. The van der Waals surface area contributed by atoms with E-state index in [-0.39, 0.29) is 22.0 Å². The average molecular weight is 310 g/mol. The molecule has 1 heterocycles. The number of anilines is 1. The molecule has 1 aliphatic rings. The Hall–Kier alpha value is -1.80. The summed E-state index contributed by atoms with van der Waals surface area (Å²) in [6.07, 6.45) is 0. The predicted molar refractivity (Wildman–Crippen MR) is 83.3 cm³/mol. The Bertz CT molecular complexity index is 577. The van der Waals surface area contributed by atoms with Gasteiger partial charge in [0.25, 0.3) is 11.6 Å². The van der Waals surface area contributed by atoms with Crippen LogP contribution in [-0.4, -0.2) is 39.3 Å². The van der Waals surface area contributed by atoms with Crippen LogP contribution in [-0.2, 0) is 0 Å². The van der Waals surface area contributed by atoms with E-state index in [4.69, 9.17) is 5.84 Å². The highest BCUT2D eigenvalue weighted by Crippen LogP contribution is 2.31. The third kappa shape index (κ3) is 3.45. The van der Waals surface area contributed by atoms with Crippen LogP contribution in [0, 0.1) is 10.1 Å². The molecule has 0 radical (unpaired) electrons. The van der Waals surface area contributed by atoms with Gasteiger partial charge in [0.2, 0.25) is 0 Å². The number of hydrogen-bond acceptors (Lipinski definition) is 6. The van der Waals surface area contributed by atoms with Crippen LogP contribution in [0.25, 0.3) is 0 Å². The summed E-state index contributed by atoms with van der Waals surface area (Å²) < 4.78 is 0.0175. The molecule has 21 heavy (non-hydrogen) atoms. The van der Waals surface area contributed by atoms with E-state index in [2.05, 4.69) is 19.3 Å². The number of nitro groups is 1. The molecule has 3 N–H and O–H groups in total. The van der Waals surface area contributed by atoms with Gasteiger partial charge in [-0.25, -0.2) is 0 Å². The number of hydrogen-bond donors (Lipinski definition) is 2. The molecule has 1 fully saturated rings. The third-order valence-electron chi connectivity index (χ3n) is 3.31. The molecule has 2 rings (SSSR count). The van der Waals surface area contributed by atoms with Gasteiger partial charge in [0, 0.05) is 35.2 Å². The highest BCUT2D eigenvalue weighted by molar-refractivity contribution is 8.00. The smallest absolute Gasteiger partial charge is 0.293 e. The number of amides is 1. The lowest BCUT2D eigenvalue weighted by atomic mass is 10.1. The van der Waals surface area contributed by atoms with Crippen molar-refractivity contribution in [2.75, 3.05) is 24.3 Å².